The van der Waals surface area contributed by atoms with Crippen LogP contribution >= 0.6 is 0 Å². The van der Waals surface area contributed by atoms with E-state index in [-0.39, 0.29) is 5.41 Å². The highest BCUT2D eigenvalue weighted by Crippen LogP contribution is 2.48. The molecule has 2 aromatic heterocycles. The number of para-hydroxylation sites is 3. The molecule has 1 aliphatic rings. The van der Waals surface area contributed by atoms with E-state index in [2.05, 4.69) is 301 Å². The maximum atomic E-state index is 2.46. The average molecular weight is 1030 g/mol. The van der Waals surface area contributed by atoms with Crippen molar-refractivity contribution < 1.29 is 0 Å². The number of aromatic nitrogens is 2. The molecule has 4 nitrogen and oxygen atoms in total. The number of anilines is 6. The van der Waals surface area contributed by atoms with Crippen LogP contribution in [0.1, 0.15) is 71.0 Å². The van der Waals surface area contributed by atoms with Gasteiger partial charge in [-0.3, -0.25) is 0 Å². The predicted octanol–water partition coefficient (Wildman–Crippen LogP) is 20.6. The predicted molar refractivity (Wildman–Crippen MR) is 338 cm³/mol. The molecule has 13 aromatic rings. The molecule has 4 heteroatoms. The molecule has 1 aliphatic carbocycles. The van der Waals surface area contributed by atoms with E-state index in [0.29, 0.717) is 0 Å². The van der Waals surface area contributed by atoms with Gasteiger partial charge >= 0.3 is 0 Å². The molecule has 0 radical (unpaired) electrons. The molecule has 0 saturated heterocycles. The second kappa shape index (κ2) is 20.4. The molecule has 0 atom stereocenters. The second-order valence-electron chi connectivity index (χ2n) is 22.3. The van der Waals surface area contributed by atoms with Crippen LogP contribution in [0.3, 0.4) is 0 Å². The van der Waals surface area contributed by atoms with Crippen molar-refractivity contribution in [2.45, 2.75) is 64.7 Å². The average Bonchev–Trinajstić information content (AvgIpc) is 4.22. The van der Waals surface area contributed by atoms with Crippen LogP contribution in [0, 0.1) is 20.8 Å². The summed E-state index contributed by atoms with van der Waals surface area (Å²) in [6.07, 6.45) is 6.81. The summed E-state index contributed by atoms with van der Waals surface area (Å²) in [5.41, 5.74) is 23.1. The van der Waals surface area contributed by atoms with Crippen LogP contribution in [0.25, 0.3) is 55.0 Å². The van der Waals surface area contributed by atoms with E-state index < -0.39 is 0 Å². The Morgan fingerprint density at radius 2 is 0.700 bits per heavy atom. The first-order chi connectivity index (χ1) is 39.4. The molecule has 0 aliphatic heterocycles. The molecule has 0 bridgehead atoms. The highest BCUT2D eigenvalue weighted by molar-refractivity contribution is 6.12. The maximum absolute atomic E-state index is 2.46. The van der Waals surface area contributed by atoms with E-state index in [1.165, 1.54) is 108 Å². The Bertz CT molecular complexity index is 4250. The molecule has 2 heterocycles. The topological polar surface area (TPSA) is 16.3 Å². The Morgan fingerprint density at radius 1 is 0.338 bits per heavy atom. The van der Waals surface area contributed by atoms with Crippen LogP contribution in [0.15, 0.2) is 261 Å². The van der Waals surface area contributed by atoms with Crippen molar-refractivity contribution in [3.05, 3.63) is 300 Å². The first kappa shape index (κ1) is 49.0. The first-order valence-electron chi connectivity index (χ1n) is 28.6. The van der Waals surface area contributed by atoms with Crippen LogP contribution in [-0.2, 0) is 11.8 Å². The Balaban J connectivity index is 0.780. The van der Waals surface area contributed by atoms with Crippen molar-refractivity contribution in [2.75, 3.05) is 9.80 Å². The lowest BCUT2D eigenvalue weighted by Crippen LogP contribution is -2.30. The minimum atomic E-state index is -0.0587. The number of aryl methyl sites for hydroxylation is 3. The van der Waals surface area contributed by atoms with E-state index in [4.69, 9.17) is 0 Å². The third kappa shape index (κ3) is 8.73. The zero-order valence-electron chi connectivity index (χ0n) is 45.9. The third-order valence-corrected chi connectivity index (χ3v) is 17.2. The molecule has 1 fully saturated rings. The number of nitrogens with zero attached hydrogens (tertiary/aromatic N) is 4. The quantitative estimate of drug-likeness (QED) is 0.121. The SMILES string of the molecule is Cc1ccc(N(c2ccc(C)cc2)c2ccc(C3(c4ccc(N(c5ccc(C)cc5)c5ccc(Cc6cccc7c6c6ccccc6n7-c6cccc(-n7c8ccccc8c8ccccc87)c6)cc5)cc4)CCCCC3)cc2)cc1. The van der Waals surface area contributed by atoms with Crippen molar-refractivity contribution in [3.63, 3.8) is 0 Å². The lowest BCUT2D eigenvalue weighted by molar-refractivity contribution is 0.346. The van der Waals surface area contributed by atoms with Gasteiger partial charge in [-0.25, -0.2) is 0 Å². The number of fused-ring (bicyclic) bond motifs is 6. The zero-order chi connectivity index (χ0) is 53.7. The van der Waals surface area contributed by atoms with E-state index in [0.717, 1.165) is 59.1 Å². The number of hydrogen-bond acceptors (Lipinski definition) is 2. The molecule has 80 heavy (non-hydrogen) atoms. The lowest BCUT2D eigenvalue weighted by atomic mass is 9.65. The first-order valence-corrected chi connectivity index (χ1v) is 28.6. The minimum Gasteiger partial charge on any atom is -0.311 e. The van der Waals surface area contributed by atoms with Gasteiger partial charge in [0, 0.05) is 72.5 Å². The zero-order valence-corrected chi connectivity index (χ0v) is 45.9. The molecule has 1 saturated carbocycles. The van der Waals surface area contributed by atoms with E-state index in [1.807, 2.05) is 0 Å². The monoisotopic (exact) mass is 1030 g/mol. The van der Waals surface area contributed by atoms with Crippen LogP contribution in [0.5, 0.6) is 0 Å². The highest BCUT2D eigenvalue weighted by atomic mass is 15.1. The van der Waals surface area contributed by atoms with Gasteiger partial charge in [-0.15, -0.1) is 0 Å². The van der Waals surface area contributed by atoms with E-state index in [1.54, 1.807) is 0 Å². The van der Waals surface area contributed by atoms with Crippen LogP contribution in [0.4, 0.5) is 34.1 Å². The molecule has 0 unspecified atom stereocenters. The Hall–Kier alpha value is -9.38. The maximum Gasteiger partial charge on any atom is 0.0543 e. The fourth-order valence-corrected chi connectivity index (χ4v) is 13.2. The van der Waals surface area contributed by atoms with Gasteiger partial charge in [-0.2, -0.15) is 0 Å². The van der Waals surface area contributed by atoms with Crippen molar-refractivity contribution in [1.29, 1.82) is 0 Å². The lowest BCUT2D eigenvalue weighted by Gasteiger charge is -2.39. The molecule has 388 valence electrons. The van der Waals surface area contributed by atoms with Gasteiger partial charge in [0.25, 0.3) is 0 Å². The molecule has 0 spiro atoms. The molecular formula is C76H64N4. The molecular weight excluding hydrogens is 969 g/mol. The van der Waals surface area contributed by atoms with Gasteiger partial charge < -0.3 is 18.9 Å². The second-order valence-corrected chi connectivity index (χ2v) is 22.3. The Kier molecular flexibility index (Phi) is 12.5. The van der Waals surface area contributed by atoms with Gasteiger partial charge in [-0.1, -0.05) is 182 Å². The molecule has 0 amide bonds. The van der Waals surface area contributed by atoms with Gasteiger partial charge in [-0.05, 0) is 178 Å². The van der Waals surface area contributed by atoms with Crippen LogP contribution in [-0.4, -0.2) is 9.13 Å². The fraction of sp³-hybridized carbons (Fsp3) is 0.132. The Morgan fingerprint density at radius 3 is 1.16 bits per heavy atom. The number of rotatable bonds is 12. The molecule has 11 aromatic carbocycles. The normalized spacial score (nSPS) is 13.3. The highest BCUT2D eigenvalue weighted by Gasteiger charge is 2.36. The van der Waals surface area contributed by atoms with Crippen LogP contribution < -0.4 is 9.80 Å². The van der Waals surface area contributed by atoms with Crippen molar-refractivity contribution >= 4 is 77.7 Å². The standard InChI is InChI=1S/C76H64N4/c1-53-25-37-60(38-26-53)77(61-39-27-54(2)28-40-61)64-45-33-58(34-46-64)76(49-11-4-12-50-76)59-35-47-65(48-36-59)78(62-41-29-55(3)30-42-62)63-43-31-56(32-44-63)51-57-15-13-24-74-75(57)70-20-7-10-23-73(70)80(74)67-17-14-16-66(52-67)79-71-21-8-5-18-68(71)69-19-6-9-22-72(69)79/h5-10,13-48,52H,4,11-12,49-51H2,1-3H3. The van der Waals surface area contributed by atoms with Crippen molar-refractivity contribution in [2.24, 2.45) is 0 Å². The largest absolute Gasteiger partial charge is 0.311 e. The summed E-state index contributed by atoms with van der Waals surface area (Å²) in [5, 5.41) is 5.10. The van der Waals surface area contributed by atoms with Crippen molar-refractivity contribution in [3.8, 4) is 11.4 Å². The molecule has 0 N–H and O–H groups in total. The van der Waals surface area contributed by atoms with E-state index >= 15 is 0 Å². The summed E-state index contributed by atoms with van der Waals surface area (Å²) in [6, 6.07) is 97.4. The summed E-state index contributed by atoms with van der Waals surface area (Å²) < 4.78 is 4.87. The summed E-state index contributed by atoms with van der Waals surface area (Å²) >= 11 is 0. The summed E-state index contributed by atoms with van der Waals surface area (Å²) in [6.45, 7) is 6.47. The van der Waals surface area contributed by atoms with Crippen molar-refractivity contribution in [1.82, 2.24) is 9.13 Å². The van der Waals surface area contributed by atoms with Gasteiger partial charge in [0.2, 0.25) is 0 Å². The summed E-state index contributed by atoms with van der Waals surface area (Å²) in [5.74, 6) is 0. The smallest absolute Gasteiger partial charge is 0.0543 e. The minimum absolute atomic E-state index is 0.0587. The number of hydrogen-bond donors (Lipinski definition) is 0. The molecule has 14 rings (SSSR count). The Labute approximate surface area is 470 Å². The third-order valence-electron chi connectivity index (χ3n) is 17.2. The summed E-state index contributed by atoms with van der Waals surface area (Å²) in [7, 11) is 0. The van der Waals surface area contributed by atoms with Crippen LogP contribution in [0.2, 0.25) is 0 Å². The van der Waals surface area contributed by atoms with Gasteiger partial charge in [0.05, 0.1) is 22.1 Å². The van der Waals surface area contributed by atoms with E-state index in [9.17, 15) is 0 Å². The summed E-state index contributed by atoms with van der Waals surface area (Å²) in [4.78, 5) is 4.80. The van der Waals surface area contributed by atoms with Gasteiger partial charge in [0.1, 0.15) is 0 Å². The number of benzene rings is 11. The van der Waals surface area contributed by atoms with Gasteiger partial charge in [0.15, 0.2) is 0 Å². The fourth-order valence-electron chi connectivity index (χ4n) is 13.2.